The molecule has 1 aromatic heterocycles. The summed E-state index contributed by atoms with van der Waals surface area (Å²) in [5, 5.41) is 11.4. The van der Waals surface area contributed by atoms with Crippen LogP contribution in [0.1, 0.15) is 24.3 Å². The molecule has 0 radical (unpaired) electrons. The fourth-order valence-electron chi connectivity index (χ4n) is 1.93. The SMILES string of the molecule is O=C(COc1cccc(NC(=O)C2CC2)c1)Nc1nnc(C(F)F)s1. The van der Waals surface area contributed by atoms with Crippen LogP contribution < -0.4 is 15.4 Å². The van der Waals surface area contributed by atoms with Gasteiger partial charge in [-0.05, 0) is 25.0 Å². The molecule has 1 heterocycles. The number of nitrogens with one attached hydrogen (secondary N) is 2. The molecule has 1 aliphatic carbocycles. The Hall–Kier alpha value is -2.62. The van der Waals surface area contributed by atoms with E-state index in [1.54, 1.807) is 24.3 Å². The first kappa shape index (κ1) is 17.2. The van der Waals surface area contributed by atoms with Crippen LogP contribution >= 0.6 is 11.3 Å². The van der Waals surface area contributed by atoms with Gasteiger partial charge in [0.1, 0.15) is 5.75 Å². The highest BCUT2D eigenvalue weighted by Gasteiger charge is 2.29. The highest BCUT2D eigenvalue weighted by atomic mass is 32.1. The fraction of sp³-hybridized carbons (Fsp3) is 0.333. The lowest BCUT2D eigenvalue weighted by Gasteiger charge is -2.08. The third kappa shape index (κ3) is 4.92. The maximum atomic E-state index is 12.4. The van der Waals surface area contributed by atoms with Crippen LogP contribution in [0.4, 0.5) is 19.6 Å². The lowest BCUT2D eigenvalue weighted by Crippen LogP contribution is -2.20. The predicted octanol–water partition coefficient (Wildman–Crippen LogP) is 2.84. The van der Waals surface area contributed by atoms with Gasteiger partial charge < -0.3 is 10.1 Å². The van der Waals surface area contributed by atoms with Crippen molar-refractivity contribution in [1.82, 2.24) is 10.2 Å². The predicted molar refractivity (Wildman–Crippen MR) is 86.8 cm³/mol. The number of hydrogen-bond donors (Lipinski definition) is 2. The van der Waals surface area contributed by atoms with Gasteiger partial charge in [0.05, 0.1) is 0 Å². The van der Waals surface area contributed by atoms with Gasteiger partial charge in [0.2, 0.25) is 11.0 Å². The van der Waals surface area contributed by atoms with Crippen LogP contribution in [0.5, 0.6) is 5.75 Å². The van der Waals surface area contributed by atoms with Crippen molar-refractivity contribution >= 4 is 34.0 Å². The zero-order valence-electron chi connectivity index (χ0n) is 12.9. The summed E-state index contributed by atoms with van der Waals surface area (Å²) in [4.78, 5) is 23.5. The molecule has 25 heavy (non-hydrogen) atoms. The van der Waals surface area contributed by atoms with Crippen molar-refractivity contribution in [3.63, 3.8) is 0 Å². The Morgan fingerprint density at radius 3 is 2.76 bits per heavy atom. The van der Waals surface area contributed by atoms with Crippen molar-refractivity contribution in [2.45, 2.75) is 19.3 Å². The van der Waals surface area contributed by atoms with Crippen LogP contribution in [0.25, 0.3) is 0 Å². The first-order chi connectivity index (χ1) is 12.0. The first-order valence-electron chi connectivity index (χ1n) is 7.46. The van der Waals surface area contributed by atoms with Crippen molar-refractivity contribution in [2.24, 2.45) is 5.92 Å². The van der Waals surface area contributed by atoms with E-state index < -0.39 is 17.3 Å². The summed E-state index contributed by atoms with van der Waals surface area (Å²) in [5.41, 5.74) is 0.584. The molecule has 1 aromatic carbocycles. The Balaban J connectivity index is 1.50. The van der Waals surface area contributed by atoms with Gasteiger partial charge in [-0.1, -0.05) is 17.4 Å². The number of rotatable bonds is 7. The molecule has 0 unspecified atom stereocenters. The van der Waals surface area contributed by atoms with Crippen LogP contribution in [-0.4, -0.2) is 28.6 Å². The van der Waals surface area contributed by atoms with Crippen LogP contribution in [0, 0.1) is 5.92 Å². The summed E-state index contributed by atoms with van der Waals surface area (Å²) in [5.74, 6) is -0.0972. The summed E-state index contributed by atoms with van der Waals surface area (Å²) in [6, 6.07) is 6.66. The van der Waals surface area contributed by atoms with Crippen LogP contribution in [0.15, 0.2) is 24.3 Å². The Morgan fingerprint density at radius 1 is 1.28 bits per heavy atom. The summed E-state index contributed by atoms with van der Waals surface area (Å²) >= 11 is 0.602. The minimum Gasteiger partial charge on any atom is -0.484 e. The minimum absolute atomic E-state index is 0.0191. The van der Waals surface area contributed by atoms with Crippen molar-refractivity contribution in [1.29, 1.82) is 0 Å². The lowest BCUT2D eigenvalue weighted by atomic mass is 10.3. The summed E-state index contributed by atoms with van der Waals surface area (Å²) in [6.45, 7) is -0.330. The number of carbonyl (C=O) groups is 2. The summed E-state index contributed by atoms with van der Waals surface area (Å²) in [6.07, 6.45) is -0.921. The number of aromatic nitrogens is 2. The van der Waals surface area contributed by atoms with E-state index in [0.29, 0.717) is 22.8 Å². The van der Waals surface area contributed by atoms with E-state index in [1.165, 1.54) is 0 Å². The molecule has 0 aliphatic heterocycles. The van der Waals surface area contributed by atoms with E-state index in [4.69, 9.17) is 4.74 Å². The molecule has 0 spiro atoms. The quantitative estimate of drug-likeness (QED) is 0.784. The van der Waals surface area contributed by atoms with Gasteiger partial charge in [-0.15, -0.1) is 10.2 Å². The first-order valence-corrected chi connectivity index (χ1v) is 8.28. The number of hydrogen-bond acceptors (Lipinski definition) is 6. The van der Waals surface area contributed by atoms with Crippen molar-refractivity contribution in [2.75, 3.05) is 17.2 Å². The number of carbonyl (C=O) groups excluding carboxylic acids is 2. The van der Waals surface area contributed by atoms with E-state index in [2.05, 4.69) is 20.8 Å². The number of alkyl halides is 2. The average Bonchev–Trinajstić information content (AvgIpc) is 3.33. The Bertz CT molecular complexity index is 780. The second-order valence-corrected chi connectivity index (χ2v) is 6.38. The van der Waals surface area contributed by atoms with E-state index in [-0.39, 0.29) is 23.6 Å². The monoisotopic (exact) mass is 368 g/mol. The standard InChI is InChI=1S/C15H14F2N4O3S/c16-12(17)14-20-21-15(25-14)19-11(22)7-24-10-3-1-2-9(6-10)18-13(23)8-4-5-8/h1-3,6,8,12H,4-5,7H2,(H,18,23)(H,19,21,22). The van der Waals surface area contributed by atoms with Crippen molar-refractivity contribution in [3.8, 4) is 5.75 Å². The van der Waals surface area contributed by atoms with Gasteiger partial charge >= 0.3 is 0 Å². The second kappa shape index (κ2) is 7.51. The van der Waals surface area contributed by atoms with Gasteiger partial charge in [-0.3, -0.25) is 14.9 Å². The molecule has 10 heteroatoms. The molecule has 2 amide bonds. The van der Waals surface area contributed by atoms with Crippen LogP contribution in [-0.2, 0) is 9.59 Å². The highest BCUT2D eigenvalue weighted by Crippen LogP contribution is 2.30. The van der Waals surface area contributed by atoms with E-state index in [9.17, 15) is 18.4 Å². The molecule has 2 aromatic rings. The van der Waals surface area contributed by atoms with Gasteiger partial charge in [-0.25, -0.2) is 8.78 Å². The lowest BCUT2D eigenvalue weighted by molar-refractivity contribution is -0.118. The third-order valence-electron chi connectivity index (χ3n) is 3.29. The largest absolute Gasteiger partial charge is 0.484 e. The fourth-order valence-corrected chi connectivity index (χ4v) is 2.55. The number of ether oxygens (including phenoxy) is 1. The van der Waals surface area contributed by atoms with Crippen LogP contribution in [0.3, 0.4) is 0 Å². The molecule has 2 N–H and O–H groups in total. The van der Waals surface area contributed by atoms with Gasteiger partial charge in [0.25, 0.3) is 12.3 Å². The topological polar surface area (TPSA) is 93.2 Å². The smallest absolute Gasteiger partial charge is 0.291 e. The minimum atomic E-state index is -2.73. The third-order valence-corrected chi connectivity index (χ3v) is 4.14. The molecule has 132 valence electrons. The molecule has 0 atom stereocenters. The molecular weight excluding hydrogens is 354 g/mol. The molecule has 7 nitrogen and oxygen atoms in total. The number of benzene rings is 1. The Kier molecular flexibility index (Phi) is 5.17. The van der Waals surface area contributed by atoms with Crippen molar-refractivity contribution in [3.05, 3.63) is 29.3 Å². The summed E-state index contributed by atoms with van der Waals surface area (Å²) < 4.78 is 30.2. The number of halogens is 2. The molecule has 1 fully saturated rings. The zero-order chi connectivity index (χ0) is 17.8. The number of anilines is 2. The molecule has 0 bridgehead atoms. The van der Waals surface area contributed by atoms with E-state index in [0.717, 1.165) is 12.8 Å². The van der Waals surface area contributed by atoms with E-state index in [1.807, 2.05) is 0 Å². The second-order valence-electron chi connectivity index (χ2n) is 5.37. The Morgan fingerprint density at radius 2 is 2.08 bits per heavy atom. The van der Waals surface area contributed by atoms with Crippen LogP contribution in [0.2, 0.25) is 0 Å². The maximum Gasteiger partial charge on any atom is 0.291 e. The van der Waals surface area contributed by atoms with Gasteiger partial charge in [0, 0.05) is 17.7 Å². The van der Waals surface area contributed by atoms with E-state index >= 15 is 0 Å². The Labute approximate surface area is 145 Å². The maximum absolute atomic E-state index is 12.4. The molecular formula is C15H14F2N4O3S. The van der Waals surface area contributed by atoms with Gasteiger partial charge in [-0.2, -0.15) is 0 Å². The number of nitrogens with zero attached hydrogens (tertiary/aromatic N) is 2. The van der Waals surface area contributed by atoms with Crippen molar-refractivity contribution < 1.29 is 23.1 Å². The molecule has 1 saturated carbocycles. The average molecular weight is 368 g/mol. The summed E-state index contributed by atoms with van der Waals surface area (Å²) in [7, 11) is 0. The zero-order valence-corrected chi connectivity index (χ0v) is 13.7. The normalized spacial score (nSPS) is 13.6. The molecule has 0 saturated heterocycles. The van der Waals surface area contributed by atoms with Gasteiger partial charge in [0.15, 0.2) is 11.6 Å². The number of amides is 2. The molecule has 3 rings (SSSR count). The highest BCUT2D eigenvalue weighted by molar-refractivity contribution is 7.15. The molecule has 1 aliphatic rings.